The molecule has 0 N–H and O–H groups in total. The summed E-state index contributed by atoms with van der Waals surface area (Å²) in [5.74, 6) is 0.330. The van der Waals surface area contributed by atoms with Crippen LogP contribution < -0.4 is 0 Å². The van der Waals surface area contributed by atoms with Gasteiger partial charge in [-0.1, -0.05) is 37.3 Å². The summed E-state index contributed by atoms with van der Waals surface area (Å²) in [4.78, 5) is 13.5. The summed E-state index contributed by atoms with van der Waals surface area (Å²) in [7, 11) is 1.99. The van der Waals surface area contributed by atoms with Crippen LogP contribution in [0.15, 0.2) is 30.3 Å². The number of rotatable bonds is 6. The molecule has 82 valence electrons. The SMILES string of the molecule is CCCC(=O)CN(C)Cc1ccccc1. The van der Waals surface area contributed by atoms with Gasteiger partial charge in [0.25, 0.3) is 0 Å². The lowest BCUT2D eigenvalue weighted by Gasteiger charge is -2.15. The molecule has 1 aromatic carbocycles. The topological polar surface area (TPSA) is 20.3 Å². The second-order valence-electron chi connectivity index (χ2n) is 3.95. The van der Waals surface area contributed by atoms with Crippen LogP contribution in [-0.4, -0.2) is 24.3 Å². The molecule has 1 rings (SSSR count). The zero-order valence-electron chi connectivity index (χ0n) is 9.57. The highest BCUT2D eigenvalue weighted by atomic mass is 16.1. The third-order valence-electron chi connectivity index (χ3n) is 2.27. The molecule has 0 fully saturated rings. The van der Waals surface area contributed by atoms with Gasteiger partial charge in [-0.2, -0.15) is 0 Å². The van der Waals surface area contributed by atoms with Gasteiger partial charge in [-0.25, -0.2) is 0 Å². The Bertz CT molecular complexity index is 295. The van der Waals surface area contributed by atoms with Gasteiger partial charge in [0.15, 0.2) is 0 Å². The summed E-state index contributed by atoms with van der Waals surface area (Å²) in [5.41, 5.74) is 1.25. The number of benzene rings is 1. The Hall–Kier alpha value is -1.15. The summed E-state index contributed by atoms with van der Waals surface area (Å²) in [6, 6.07) is 10.2. The highest BCUT2D eigenvalue weighted by molar-refractivity contribution is 5.80. The van der Waals surface area contributed by atoms with E-state index in [2.05, 4.69) is 17.0 Å². The van der Waals surface area contributed by atoms with Crippen molar-refractivity contribution >= 4 is 5.78 Å². The Labute approximate surface area is 91.9 Å². The minimum atomic E-state index is 0.330. The van der Waals surface area contributed by atoms with E-state index in [1.54, 1.807) is 0 Å². The summed E-state index contributed by atoms with van der Waals surface area (Å²) in [5, 5.41) is 0. The Morgan fingerprint density at radius 3 is 2.53 bits per heavy atom. The molecular weight excluding hydrogens is 186 g/mol. The molecule has 0 aliphatic rings. The minimum absolute atomic E-state index is 0.330. The minimum Gasteiger partial charge on any atom is -0.298 e. The van der Waals surface area contributed by atoms with E-state index in [1.165, 1.54) is 5.56 Å². The number of nitrogens with zero attached hydrogens (tertiary/aromatic N) is 1. The highest BCUT2D eigenvalue weighted by Crippen LogP contribution is 2.03. The number of carbonyl (C=O) groups is 1. The van der Waals surface area contributed by atoms with E-state index in [9.17, 15) is 4.79 Å². The molecule has 0 aromatic heterocycles. The molecule has 0 aliphatic heterocycles. The lowest BCUT2D eigenvalue weighted by Crippen LogP contribution is -2.25. The Morgan fingerprint density at radius 1 is 1.27 bits per heavy atom. The van der Waals surface area contributed by atoms with Crippen LogP contribution in [-0.2, 0) is 11.3 Å². The Balaban J connectivity index is 2.36. The number of ketones is 1. The van der Waals surface area contributed by atoms with Crippen LogP contribution in [0.2, 0.25) is 0 Å². The molecule has 2 heteroatoms. The monoisotopic (exact) mass is 205 g/mol. The molecular formula is C13H19NO. The van der Waals surface area contributed by atoms with E-state index in [1.807, 2.05) is 32.2 Å². The maximum absolute atomic E-state index is 11.4. The summed E-state index contributed by atoms with van der Waals surface area (Å²) in [6.07, 6.45) is 1.64. The van der Waals surface area contributed by atoms with Gasteiger partial charge in [-0.3, -0.25) is 9.69 Å². The van der Waals surface area contributed by atoms with Gasteiger partial charge in [-0.15, -0.1) is 0 Å². The van der Waals surface area contributed by atoms with Crippen molar-refractivity contribution in [2.24, 2.45) is 0 Å². The van der Waals surface area contributed by atoms with Gasteiger partial charge in [0.2, 0.25) is 0 Å². The molecule has 0 spiro atoms. The smallest absolute Gasteiger partial charge is 0.146 e. The first-order valence-electron chi connectivity index (χ1n) is 5.46. The average molecular weight is 205 g/mol. The fourth-order valence-corrected chi connectivity index (χ4v) is 1.61. The van der Waals surface area contributed by atoms with Gasteiger partial charge in [0.05, 0.1) is 6.54 Å². The Kier molecular flexibility index (Phi) is 5.05. The molecule has 15 heavy (non-hydrogen) atoms. The zero-order chi connectivity index (χ0) is 11.1. The molecule has 0 amide bonds. The second-order valence-corrected chi connectivity index (χ2v) is 3.95. The van der Waals surface area contributed by atoms with E-state index in [0.717, 1.165) is 13.0 Å². The summed E-state index contributed by atoms with van der Waals surface area (Å²) >= 11 is 0. The number of hydrogen-bond acceptors (Lipinski definition) is 2. The molecule has 0 saturated heterocycles. The largest absolute Gasteiger partial charge is 0.298 e. The number of likely N-dealkylation sites (N-methyl/N-ethyl adjacent to an activating group) is 1. The van der Waals surface area contributed by atoms with E-state index in [4.69, 9.17) is 0 Å². The van der Waals surface area contributed by atoms with E-state index >= 15 is 0 Å². The van der Waals surface area contributed by atoms with Crippen LogP contribution in [0.4, 0.5) is 0 Å². The van der Waals surface area contributed by atoms with Crippen LogP contribution in [0.1, 0.15) is 25.3 Å². The average Bonchev–Trinajstić information content (AvgIpc) is 2.19. The Morgan fingerprint density at radius 2 is 1.93 bits per heavy atom. The molecule has 0 aliphatic carbocycles. The van der Waals surface area contributed by atoms with Crippen molar-refractivity contribution < 1.29 is 4.79 Å². The standard InChI is InChI=1S/C13H19NO/c1-3-7-13(15)11-14(2)10-12-8-5-4-6-9-12/h4-6,8-9H,3,7,10-11H2,1-2H3. The van der Waals surface area contributed by atoms with Crippen LogP contribution in [0, 0.1) is 0 Å². The first-order valence-corrected chi connectivity index (χ1v) is 5.46. The maximum atomic E-state index is 11.4. The maximum Gasteiger partial charge on any atom is 0.146 e. The third-order valence-corrected chi connectivity index (χ3v) is 2.27. The predicted molar refractivity (Wildman–Crippen MR) is 62.7 cm³/mol. The van der Waals surface area contributed by atoms with Crippen molar-refractivity contribution in [1.82, 2.24) is 4.90 Å². The number of Topliss-reactive ketones (excluding diaryl/α,β-unsaturated/α-hetero) is 1. The third kappa shape index (κ3) is 4.75. The second kappa shape index (κ2) is 6.36. The summed E-state index contributed by atoms with van der Waals surface area (Å²) in [6.45, 7) is 3.44. The van der Waals surface area contributed by atoms with Crippen molar-refractivity contribution in [2.45, 2.75) is 26.3 Å². The molecule has 0 bridgehead atoms. The van der Waals surface area contributed by atoms with E-state index < -0.39 is 0 Å². The lowest BCUT2D eigenvalue weighted by molar-refractivity contribution is -0.120. The lowest BCUT2D eigenvalue weighted by atomic mass is 10.2. The molecule has 0 saturated carbocycles. The molecule has 1 aromatic rings. The molecule has 0 heterocycles. The van der Waals surface area contributed by atoms with Crippen molar-refractivity contribution in [3.63, 3.8) is 0 Å². The van der Waals surface area contributed by atoms with Crippen molar-refractivity contribution in [2.75, 3.05) is 13.6 Å². The van der Waals surface area contributed by atoms with Gasteiger partial charge in [-0.05, 0) is 19.0 Å². The van der Waals surface area contributed by atoms with Gasteiger partial charge in [0, 0.05) is 13.0 Å². The van der Waals surface area contributed by atoms with Gasteiger partial charge >= 0.3 is 0 Å². The van der Waals surface area contributed by atoms with Crippen LogP contribution in [0.25, 0.3) is 0 Å². The van der Waals surface area contributed by atoms with Crippen LogP contribution in [0.3, 0.4) is 0 Å². The first kappa shape index (κ1) is 11.9. The van der Waals surface area contributed by atoms with Gasteiger partial charge < -0.3 is 0 Å². The number of carbonyl (C=O) groups excluding carboxylic acids is 1. The molecule has 2 nitrogen and oxygen atoms in total. The quantitative estimate of drug-likeness (QED) is 0.711. The molecule has 0 radical (unpaired) electrons. The fraction of sp³-hybridized carbons (Fsp3) is 0.462. The van der Waals surface area contributed by atoms with E-state index in [-0.39, 0.29) is 0 Å². The van der Waals surface area contributed by atoms with Crippen LogP contribution >= 0.6 is 0 Å². The van der Waals surface area contributed by atoms with Gasteiger partial charge in [0.1, 0.15) is 5.78 Å². The number of hydrogen-bond donors (Lipinski definition) is 0. The zero-order valence-corrected chi connectivity index (χ0v) is 9.57. The van der Waals surface area contributed by atoms with Crippen LogP contribution in [0.5, 0.6) is 0 Å². The molecule has 0 unspecified atom stereocenters. The predicted octanol–water partition coefficient (Wildman–Crippen LogP) is 2.49. The van der Waals surface area contributed by atoms with Crippen molar-refractivity contribution in [3.8, 4) is 0 Å². The van der Waals surface area contributed by atoms with Crippen molar-refractivity contribution in [1.29, 1.82) is 0 Å². The highest BCUT2D eigenvalue weighted by Gasteiger charge is 2.05. The molecule has 0 atom stereocenters. The fourth-order valence-electron chi connectivity index (χ4n) is 1.61. The summed E-state index contributed by atoms with van der Waals surface area (Å²) < 4.78 is 0. The van der Waals surface area contributed by atoms with Crippen molar-refractivity contribution in [3.05, 3.63) is 35.9 Å². The van der Waals surface area contributed by atoms with E-state index in [0.29, 0.717) is 18.7 Å². The first-order chi connectivity index (χ1) is 7.22. The normalized spacial score (nSPS) is 10.6.